The van der Waals surface area contributed by atoms with Gasteiger partial charge in [-0.3, -0.25) is 4.79 Å². The van der Waals surface area contributed by atoms with Gasteiger partial charge in [0.25, 0.3) is 0 Å². The number of hydrogen-bond donors (Lipinski definition) is 0. The van der Waals surface area contributed by atoms with Crippen LogP contribution in [0.1, 0.15) is 23.7 Å². The average molecular weight is 367 g/mol. The summed E-state index contributed by atoms with van der Waals surface area (Å²) < 4.78 is 20.6. The van der Waals surface area contributed by atoms with Crippen molar-refractivity contribution in [3.63, 3.8) is 0 Å². The van der Waals surface area contributed by atoms with E-state index in [-0.39, 0.29) is 18.3 Å². The lowest BCUT2D eigenvalue weighted by molar-refractivity contribution is -0.129. The van der Waals surface area contributed by atoms with E-state index in [1.54, 1.807) is 41.9 Å². The van der Waals surface area contributed by atoms with Crippen molar-refractivity contribution in [1.29, 1.82) is 0 Å². The maximum Gasteiger partial charge on any atom is 0.220 e. The Balaban J connectivity index is 1.52. The molecule has 1 aromatic carbocycles. The molecule has 0 saturated heterocycles. The topological polar surface area (TPSA) is 73.1 Å². The summed E-state index contributed by atoms with van der Waals surface area (Å²) in [7, 11) is 1.78. The molecule has 0 N–H and O–H groups in total. The van der Waals surface area contributed by atoms with E-state index < -0.39 is 0 Å². The number of nitrogens with zero attached hydrogens (tertiary/aromatic N) is 5. The Morgan fingerprint density at radius 3 is 2.70 bits per heavy atom. The maximum atomic E-state index is 13.2. The number of fused-ring (bicyclic) bond motifs is 1. The number of halogens is 1. The monoisotopic (exact) mass is 367 g/mol. The zero-order valence-electron chi connectivity index (χ0n) is 15.0. The molecule has 7 nitrogen and oxygen atoms in total. The SMILES string of the molecule is CC(=O)N1Cc2cnc(OCc3c(-c4ccc(F)cc4)nnn3C)cc2C1. The van der Waals surface area contributed by atoms with E-state index in [4.69, 9.17) is 4.74 Å². The minimum absolute atomic E-state index is 0.0403. The molecule has 0 bridgehead atoms. The molecule has 0 unspecified atom stereocenters. The van der Waals surface area contributed by atoms with Gasteiger partial charge in [-0.25, -0.2) is 14.1 Å². The first-order valence-electron chi connectivity index (χ1n) is 8.52. The lowest BCUT2D eigenvalue weighted by Crippen LogP contribution is -2.21. The van der Waals surface area contributed by atoms with Crippen molar-refractivity contribution >= 4 is 5.91 Å². The van der Waals surface area contributed by atoms with Gasteiger partial charge in [0.15, 0.2) is 0 Å². The Morgan fingerprint density at radius 2 is 1.96 bits per heavy atom. The second-order valence-corrected chi connectivity index (χ2v) is 6.47. The van der Waals surface area contributed by atoms with Crippen LogP contribution in [-0.4, -0.2) is 30.8 Å². The molecule has 8 heteroatoms. The Kier molecular flexibility index (Phi) is 4.31. The number of carbonyl (C=O) groups excluding carboxylic acids is 1. The van der Waals surface area contributed by atoms with Crippen molar-refractivity contribution in [3.05, 3.63) is 59.2 Å². The summed E-state index contributed by atoms with van der Waals surface area (Å²) in [6.45, 7) is 2.93. The van der Waals surface area contributed by atoms with Crippen LogP contribution in [0.25, 0.3) is 11.3 Å². The van der Waals surface area contributed by atoms with Gasteiger partial charge in [-0.1, -0.05) is 5.21 Å². The van der Waals surface area contributed by atoms with Crippen LogP contribution < -0.4 is 4.74 Å². The number of aromatic nitrogens is 4. The number of benzene rings is 1. The Morgan fingerprint density at radius 1 is 1.22 bits per heavy atom. The molecule has 0 aliphatic carbocycles. The highest BCUT2D eigenvalue weighted by molar-refractivity contribution is 5.74. The van der Waals surface area contributed by atoms with Crippen LogP contribution in [0, 0.1) is 5.82 Å². The van der Waals surface area contributed by atoms with Crippen molar-refractivity contribution in [2.24, 2.45) is 7.05 Å². The molecule has 27 heavy (non-hydrogen) atoms. The largest absolute Gasteiger partial charge is 0.471 e. The summed E-state index contributed by atoms with van der Waals surface area (Å²) in [4.78, 5) is 17.6. The van der Waals surface area contributed by atoms with Gasteiger partial charge < -0.3 is 9.64 Å². The van der Waals surface area contributed by atoms with Gasteiger partial charge in [0.2, 0.25) is 11.8 Å². The molecule has 0 fully saturated rings. The lowest BCUT2D eigenvalue weighted by Gasteiger charge is -2.10. The maximum absolute atomic E-state index is 13.2. The van der Waals surface area contributed by atoms with Gasteiger partial charge in [0.05, 0.1) is 0 Å². The first kappa shape index (κ1) is 17.1. The third-order valence-electron chi connectivity index (χ3n) is 4.64. The van der Waals surface area contributed by atoms with E-state index in [9.17, 15) is 9.18 Å². The van der Waals surface area contributed by atoms with Crippen molar-refractivity contribution < 1.29 is 13.9 Å². The highest BCUT2D eigenvalue weighted by atomic mass is 19.1. The van der Waals surface area contributed by atoms with E-state index in [0.717, 1.165) is 22.4 Å². The fourth-order valence-corrected chi connectivity index (χ4v) is 3.07. The van der Waals surface area contributed by atoms with Crippen molar-refractivity contribution in [1.82, 2.24) is 24.9 Å². The summed E-state index contributed by atoms with van der Waals surface area (Å²) in [5, 5.41) is 8.20. The minimum atomic E-state index is -0.303. The molecule has 1 aliphatic heterocycles. The standard InChI is InChI=1S/C19H18FN5O2/c1-12(26)25-9-14-7-18(21-8-15(14)10-25)27-11-17-19(22-23-24(17)2)13-3-5-16(20)6-4-13/h3-8H,9-11H2,1-2H3. The van der Waals surface area contributed by atoms with Gasteiger partial charge in [0.1, 0.15) is 23.8 Å². The number of carbonyl (C=O) groups is 1. The molecule has 1 amide bonds. The molecular weight excluding hydrogens is 349 g/mol. The molecule has 3 heterocycles. The third kappa shape index (κ3) is 3.38. The highest BCUT2D eigenvalue weighted by Crippen LogP contribution is 2.26. The van der Waals surface area contributed by atoms with Gasteiger partial charge in [-0.05, 0) is 35.4 Å². The highest BCUT2D eigenvalue weighted by Gasteiger charge is 2.22. The summed E-state index contributed by atoms with van der Waals surface area (Å²) in [6.07, 6.45) is 1.75. The fraction of sp³-hybridized carbons (Fsp3) is 0.263. The number of aryl methyl sites for hydroxylation is 1. The smallest absolute Gasteiger partial charge is 0.220 e. The average Bonchev–Trinajstić information content (AvgIpc) is 3.24. The summed E-state index contributed by atoms with van der Waals surface area (Å²) >= 11 is 0. The summed E-state index contributed by atoms with van der Waals surface area (Å²) in [5.74, 6) is 0.214. The molecule has 138 valence electrons. The normalized spacial score (nSPS) is 12.9. The molecule has 1 aliphatic rings. The molecular formula is C19H18FN5O2. The zero-order valence-corrected chi connectivity index (χ0v) is 15.0. The number of rotatable bonds is 4. The van der Waals surface area contributed by atoms with Crippen LogP contribution in [0.2, 0.25) is 0 Å². The Bertz CT molecular complexity index is 1000. The lowest BCUT2D eigenvalue weighted by atomic mass is 10.1. The van der Waals surface area contributed by atoms with Crippen molar-refractivity contribution in [3.8, 4) is 17.1 Å². The number of ether oxygens (including phenoxy) is 1. The fourth-order valence-electron chi connectivity index (χ4n) is 3.07. The molecule has 2 aromatic heterocycles. The first-order chi connectivity index (χ1) is 13.0. The first-order valence-corrected chi connectivity index (χ1v) is 8.52. The van der Waals surface area contributed by atoms with Crippen LogP contribution in [0.3, 0.4) is 0 Å². The van der Waals surface area contributed by atoms with E-state index in [1.807, 2.05) is 6.07 Å². The number of pyridine rings is 1. The van der Waals surface area contributed by atoms with Crippen molar-refractivity contribution in [2.45, 2.75) is 26.6 Å². The van der Waals surface area contributed by atoms with E-state index in [2.05, 4.69) is 15.3 Å². The molecule has 0 spiro atoms. The quantitative estimate of drug-likeness (QED) is 0.708. The van der Waals surface area contributed by atoms with E-state index in [1.165, 1.54) is 12.1 Å². The van der Waals surface area contributed by atoms with E-state index in [0.29, 0.717) is 24.7 Å². The Labute approximate surface area is 155 Å². The molecule has 3 aromatic rings. The number of hydrogen-bond acceptors (Lipinski definition) is 5. The predicted molar refractivity (Wildman–Crippen MR) is 94.9 cm³/mol. The summed E-state index contributed by atoms with van der Waals surface area (Å²) in [6, 6.07) is 7.95. The molecule has 0 radical (unpaired) electrons. The van der Waals surface area contributed by atoms with Crippen LogP contribution in [-0.2, 0) is 31.5 Å². The second-order valence-electron chi connectivity index (χ2n) is 6.47. The van der Waals surface area contributed by atoms with Gasteiger partial charge in [-0.15, -0.1) is 5.10 Å². The van der Waals surface area contributed by atoms with Crippen LogP contribution >= 0.6 is 0 Å². The third-order valence-corrected chi connectivity index (χ3v) is 4.64. The van der Waals surface area contributed by atoms with Gasteiger partial charge in [-0.2, -0.15) is 0 Å². The van der Waals surface area contributed by atoms with Crippen LogP contribution in [0.5, 0.6) is 5.88 Å². The second kappa shape index (κ2) is 6.79. The molecule has 4 rings (SSSR count). The molecule has 0 atom stereocenters. The minimum Gasteiger partial charge on any atom is -0.471 e. The van der Waals surface area contributed by atoms with Crippen LogP contribution in [0.15, 0.2) is 36.5 Å². The van der Waals surface area contributed by atoms with Crippen molar-refractivity contribution in [2.75, 3.05) is 0 Å². The Hall–Kier alpha value is -3.29. The predicted octanol–water partition coefficient (Wildman–Crippen LogP) is 2.46. The molecule has 0 saturated carbocycles. The van der Waals surface area contributed by atoms with Gasteiger partial charge >= 0.3 is 0 Å². The summed E-state index contributed by atoms with van der Waals surface area (Å²) in [5.41, 5.74) is 4.24. The number of amides is 1. The van der Waals surface area contributed by atoms with Crippen LogP contribution in [0.4, 0.5) is 4.39 Å². The van der Waals surface area contributed by atoms with Gasteiger partial charge in [0, 0.05) is 44.9 Å². The zero-order chi connectivity index (χ0) is 19.0. The van der Waals surface area contributed by atoms with E-state index >= 15 is 0 Å².